The molecule has 1 aromatic heterocycles. The van der Waals surface area contributed by atoms with Gasteiger partial charge in [-0.15, -0.1) is 22.0 Å². The second-order valence-electron chi connectivity index (χ2n) is 3.19. The monoisotopic (exact) mass is 248 g/mol. The number of halogens is 1. The van der Waals surface area contributed by atoms with Crippen LogP contribution in [-0.4, -0.2) is 38.9 Å². The summed E-state index contributed by atoms with van der Waals surface area (Å²) in [4.78, 5) is 0. The highest BCUT2D eigenvalue weighted by Crippen LogP contribution is 2.25. The van der Waals surface area contributed by atoms with Crippen LogP contribution < -0.4 is 0 Å². The molecule has 1 rings (SSSR count). The number of rotatable bonds is 4. The van der Waals surface area contributed by atoms with Crippen molar-refractivity contribution in [3.05, 3.63) is 16.3 Å². The largest absolute Gasteiger partial charge is 0.394 e. The third kappa shape index (κ3) is 3.31. The Labute approximate surface area is 97.7 Å². The van der Waals surface area contributed by atoms with E-state index in [1.807, 2.05) is 13.8 Å². The maximum atomic E-state index is 9.19. The summed E-state index contributed by atoms with van der Waals surface area (Å²) in [5.41, 5.74) is 1.86. The Morgan fingerprint density at radius 1 is 1.33 bits per heavy atom. The van der Waals surface area contributed by atoms with Crippen LogP contribution >= 0.6 is 23.4 Å². The Morgan fingerprint density at radius 3 is 2.60 bits per heavy atom. The van der Waals surface area contributed by atoms with Gasteiger partial charge in [0, 0.05) is 5.75 Å². The Bertz CT molecular complexity index is 349. The van der Waals surface area contributed by atoms with Crippen molar-refractivity contribution in [2.45, 2.75) is 25.0 Å². The minimum absolute atomic E-state index is 0.244. The van der Waals surface area contributed by atoms with Crippen LogP contribution in [0, 0.1) is 13.8 Å². The van der Waals surface area contributed by atoms with Gasteiger partial charge in [0.05, 0.1) is 12.7 Å². The molecule has 0 amide bonds. The highest BCUT2D eigenvalue weighted by Gasteiger charge is 2.10. The van der Waals surface area contributed by atoms with Gasteiger partial charge < -0.3 is 10.2 Å². The van der Waals surface area contributed by atoms with Crippen LogP contribution in [0.2, 0.25) is 5.15 Å². The predicted octanol–water partition coefficient (Wildman–Crippen LogP) is 1.19. The van der Waals surface area contributed by atoms with E-state index in [0.29, 0.717) is 10.9 Å². The van der Waals surface area contributed by atoms with Gasteiger partial charge in [0.25, 0.3) is 0 Å². The second-order valence-corrected chi connectivity index (χ2v) is 4.56. The average Bonchev–Trinajstić information content (AvgIpc) is 2.24. The van der Waals surface area contributed by atoms with Crippen molar-refractivity contribution in [1.29, 1.82) is 0 Å². The molecule has 4 nitrogen and oxygen atoms in total. The minimum Gasteiger partial charge on any atom is -0.394 e. The lowest BCUT2D eigenvalue weighted by Gasteiger charge is -2.09. The quantitative estimate of drug-likeness (QED) is 0.784. The van der Waals surface area contributed by atoms with Gasteiger partial charge in [0.1, 0.15) is 5.03 Å². The number of hydrogen-bond acceptors (Lipinski definition) is 5. The molecule has 1 atom stereocenters. The predicted molar refractivity (Wildman–Crippen MR) is 60.3 cm³/mol. The summed E-state index contributed by atoms with van der Waals surface area (Å²) in [5, 5.41) is 26.7. The highest BCUT2D eigenvalue weighted by atomic mass is 35.5. The van der Waals surface area contributed by atoms with E-state index >= 15 is 0 Å². The van der Waals surface area contributed by atoms with Crippen molar-refractivity contribution >= 4 is 23.4 Å². The number of thioether (sulfide) groups is 1. The van der Waals surface area contributed by atoms with Crippen LogP contribution in [0.3, 0.4) is 0 Å². The van der Waals surface area contributed by atoms with Crippen LogP contribution in [0.1, 0.15) is 11.1 Å². The van der Waals surface area contributed by atoms with E-state index in [1.165, 1.54) is 11.8 Å². The van der Waals surface area contributed by atoms with E-state index in [1.54, 1.807) is 0 Å². The molecule has 2 N–H and O–H groups in total. The normalized spacial score (nSPS) is 12.9. The Kier molecular flexibility index (Phi) is 4.79. The zero-order valence-corrected chi connectivity index (χ0v) is 10.1. The lowest BCUT2D eigenvalue weighted by molar-refractivity contribution is 0.113. The van der Waals surface area contributed by atoms with Crippen LogP contribution in [0.25, 0.3) is 0 Å². The fourth-order valence-corrected chi connectivity index (χ4v) is 2.02. The molecule has 0 bridgehead atoms. The zero-order chi connectivity index (χ0) is 11.4. The van der Waals surface area contributed by atoms with E-state index < -0.39 is 6.10 Å². The lowest BCUT2D eigenvalue weighted by Crippen LogP contribution is -2.15. The molecule has 6 heteroatoms. The van der Waals surface area contributed by atoms with Gasteiger partial charge in [-0.1, -0.05) is 11.6 Å². The molecule has 0 fully saturated rings. The Hall–Kier alpha value is -0.360. The van der Waals surface area contributed by atoms with Gasteiger partial charge >= 0.3 is 0 Å². The third-order valence-corrected chi connectivity index (χ3v) is 3.62. The molecule has 0 saturated heterocycles. The Morgan fingerprint density at radius 2 is 2.00 bits per heavy atom. The molecule has 1 aromatic rings. The van der Waals surface area contributed by atoms with Crippen LogP contribution in [-0.2, 0) is 0 Å². The molecular formula is C9H13ClN2O2S. The fourth-order valence-electron chi connectivity index (χ4n) is 0.919. The SMILES string of the molecule is Cc1c(Cl)nnc(SCC(O)CO)c1C. The topological polar surface area (TPSA) is 66.2 Å². The lowest BCUT2D eigenvalue weighted by atomic mass is 10.2. The van der Waals surface area contributed by atoms with Crippen molar-refractivity contribution in [3.63, 3.8) is 0 Å². The van der Waals surface area contributed by atoms with Crippen LogP contribution in [0.15, 0.2) is 5.03 Å². The number of aliphatic hydroxyl groups excluding tert-OH is 2. The second kappa shape index (κ2) is 5.65. The summed E-state index contributed by atoms with van der Waals surface area (Å²) >= 11 is 7.16. The first-order valence-electron chi connectivity index (χ1n) is 4.47. The first-order valence-corrected chi connectivity index (χ1v) is 5.83. The van der Waals surface area contributed by atoms with Crippen molar-refractivity contribution in [3.8, 4) is 0 Å². The minimum atomic E-state index is -0.729. The molecule has 1 unspecified atom stereocenters. The van der Waals surface area contributed by atoms with E-state index in [9.17, 15) is 5.11 Å². The van der Waals surface area contributed by atoms with E-state index in [2.05, 4.69) is 10.2 Å². The van der Waals surface area contributed by atoms with E-state index in [0.717, 1.165) is 16.2 Å². The van der Waals surface area contributed by atoms with Crippen LogP contribution in [0.4, 0.5) is 0 Å². The molecule has 84 valence electrons. The molecule has 15 heavy (non-hydrogen) atoms. The maximum absolute atomic E-state index is 9.19. The molecule has 0 radical (unpaired) electrons. The first-order chi connectivity index (χ1) is 7.06. The van der Waals surface area contributed by atoms with Crippen molar-refractivity contribution in [2.24, 2.45) is 0 Å². The standard InChI is InChI=1S/C9H13ClN2O2S/c1-5-6(2)9(12-11-8(5)10)15-4-7(14)3-13/h7,13-14H,3-4H2,1-2H3. The number of aromatic nitrogens is 2. The van der Waals surface area contributed by atoms with Crippen LogP contribution in [0.5, 0.6) is 0 Å². The van der Waals surface area contributed by atoms with Crippen molar-refractivity contribution in [1.82, 2.24) is 10.2 Å². The maximum Gasteiger partial charge on any atom is 0.154 e. The summed E-state index contributed by atoms with van der Waals surface area (Å²) < 4.78 is 0. The van der Waals surface area contributed by atoms with Crippen molar-refractivity contribution in [2.75, 3.05) is 12.4 Å². The smallest absolute Gasteiger partial charge is 0.154 e. The molecule has 0 aromatic carbocycles. The van der Waals surface area contributed by atoms with Crippen molar-refractivity contribution < 1.29 is 10.2 Å². The molecular weight excluding hydrogens is 236 g/mol. The van der Waals surface area contributed by atoms with E-state index in [4.69, 9.17) is 16.7 Å². The van der Waals surface area contributed by atoms with E-state index in [-0.39, 0.29) is 6.61 Å². The van der Waals surface area contributed by atoms with Gasteiger partial charge in [-0.2, -0.15) is 0 Å². The first kappa shape index (κ1) is 12.7. The van der Waals surface area contributed by atoms with Gasteiger partial charge in [-0.3, -0.25) is 0 Å². The van der Waals surface area contributed by atoms with Gasteiger partial charge in [0.15, 0.2) is 5.15 Å². The van der Waals surface area contributed by atoms with Gasteiger partial charge in [-0.05, 0) is 25.0 Å². The fraction of sp³-hybridized carbons (Fsp3) is 0.556. The number of nitrogens with zero attached hydrogens (tertiary/aromatic N) is 2. The average molecular weight is 249 g/mol. The van der Waals surface area contributed by atoms with Gasteiger partial charge in [-0.25, -0.2) is 0 Å². The number of aliphatic hydroxyl groups is 2. The summed E-state index contributed by atoms with van der Waals surface area (Å²) in [6, 6.07) is 0. The van der Waals surface area contributed by atoms with Gasteiger partial charge in [0.2, 0.25) is 0 Å². The molecule has 1 heterocycles. The highest BCUT2D eigenvalue weighted by molar-refractivity contribution is 7.99. The molecule has 0 aliphatic carbocycles. The summed E-state index contributed by atoms with van der Waals surface area (Å²) in [5.74, 6) is 0.396. The summed E-state index contributed by atoms with van der Waals surface area (Å²) in [6.07, 6.45) is -0.729. The summed E-state index contributed by atoms with van der Waals surface area (Å²) in [6.45, 7) is 3.54. The molecule has 0 aliphatic rings. The third-order valence-electron chi connectivity index (χ3n) is 2.04. The summed E-state index contributed by atoms with van der Waals surface area (Å²) in [7, 11) is 0. The zero-order valence-electron chi connectivity index (χ0n) is 8.57. The molecule has 0 saturated carbocycles. The molecule has 0 aliphatic heterocycles. The number of hydrogen-bond donors (Lipinski definition) is 2. The molecule has 0 spiro atoms. The Balaban J connectivity index is 2.74.